The van der Waals surface area contributed by atoms with Gasteiger partial charge in [0.15, 0.2) is 5.78 Å². The molecule has 0 amide bonds. The van der Waals surface area contributed by atoms with Crippen LogP contribution in [0.2, 0.25) is 0 Å². The van der Waals surface area contributed by atoms with E-state index in [1.54, 1.807) is 0 Å². The highest BCUT2D eigenvalue weighted by Crippen LogP contribution is 2.34. The molecule has 0 aromatic heterocycles. The molecule has 0 aliphatic heterocycles. The van der Waals surface area contributed by atoms with Crippen LogP contribution in [0.4, 0.5) is 0 Å². The van der Waals surface area contributed by atoms with Gasteiger partial charge in [-0.15, -0.1) is 0 Å². The Morgan fingerprint density at radius 2 is 1.89 bits per heavy atom. The third-order valence-electron chi connectivity index (χ3n) is 3.25. The number of benzene rings is 1. The van der Waals surface area contributed by atoms with Crippen LogP contribution in [-0.4, -0.2) is 24.6 Å². The van der Waals surface area contributed by atoms with Gasteiger partial charge in [-0.05, 0) is 5.56 Å². The lowest BCUT2D eigenvalue weighted by molar-refractivity contribution is -0.152. The summed E-state index contributed by atoms with van der Waals surface area (Å²) in [5.74, 6) is -2.26. The van der Waals surface area contributed by atoms with Crippen LogP contribution in [0, 0.1) is 5.92 Å². The van der Waals surface area contributed by atoms with E-state index in [1.807, 2.05) is 30.3 Å². The maximum atomic E-state index is 11.9. The molecule has 18 heavy (non-hydrogen) atoms. The standard InChI is InChI=1S/C14H14O4/c1-18-14(17)13-11(7-10(15)8-12(13)16)9-5-3-2-4-6-9/h2-6,11,13H,7-8H2,1H3/t11-,13-/m1/s1. The van der Waals surface area contributed by atoms with Crippen molar-refractivity contribution in [3.8, 4) is 0 Å². The molecule has 2 rings (SSSR count). The summed E-state index contributed by atoms with van der Waals surface area (Å²) in [6.45, 7) is 0. The monoisotopic (exact) mass is 246 g/mol. The number of carbonyl (C=O) groups excluding carboxylic acids is 3. The van der Waals surface area contributed by atoms with Gasteiger partial charge >= 0.3 is 5.97 Å². The Balaban J connectivity index is 2.36. The van der Waals surface area contributed by atoms with Crippen LogP contribution in [0.5, 0.6) is 0 Å². The van der Waals surface area contributed by atoms with Crippen molar-refractivity contribution in [1.29, 1.82) is 0 Å². The van der Waals surface area contributed by atoms with E-state index in [2.05, 4.69) is 4.74 Å². The Kier molecular flexibility index (Phi) is 3.55. The molecular weight excluding hydrogens is 232 g/mol. The molecule has 0 saturated heterocycles. The first-order chi connectivity index (χ1) is 8.63. The highest BCUT2D eigenvalue weighted by Gasteiger charge is 2.42. The Bertz CT molecular complexity index is 478. The number of methoxy groups -OCH3 is 1. The zero-order valence-corrected chi connectivity index (χ0v) is 10.1. The molecule has 1 aliphatic carbocycles. The summed E-state index contributed by atoms with van der Waals surface area (Å²) in [6, 6.07) is 9.16. The molecule has 1 aliphatic rings. The van der Waals surface area contributed by atoms with Crippen LogP contribution >= 0.6 is 0 Å². The quantitative estimate of drug-likeness (QED) is 0.586. The lowest BCUT2D eigenvalue weighted by Crippen LogP contribution is -2.37. The summed E-state index contributed by atoms with van der Waals surface area (Å²) in [6.07, 6.45) is 0.0542. The molecule has 0 unspecified atom stereocenters. The molecule has 0 spiro atoms. The molecule has 0 heterocycles. The van der Waals surface area contributed by atoms with Crippen molar-refractivity contribution in [3.05, 3.63) is 35.9 Å². The van der Waals surface area contributed by atoms with Crippen LogP contribution < -0.4 is 0 Å². The second-order valence-electron chi connectivity index (χ2n) is 4.40. The fourth-order valence-electron chi connectivity index (χ4n) is 2.40. The minimum absolute atomic E-state index is 0.117. The summed E-state index contributed by atoms with van der Waals surface area (Å²) >= 11 is 0. The fraction of sp³-hybridized carbons (Fsp3) is 0.357. The van der Waals surface area contributed by atoms with E-state index in [-0.39, 0.29) is 24.4 Å². The lowest BCUT2D eigenvalue weighted by atomic mass is 9.74. The average Bonchev–Trinajstić information content (AvgIpc) is 2.38. The first kappa shape index (κ1) is 12.5. The van der Waals surface area contributed by atoms with E-state index in [9.17, 15) is 14.4 Å². The number of esters is 1. The lowest BCUT2D eigenvalue weighted by Gasteiger charge is -2.27. The van der Waals surface area contributed by atoms with Gasteiger partial charge in [-0.1, -0.05) is 30.3 Å². The van der Waals surface area contributed by atoms with Gasteiger partial charge in [-0.2, -0.15) is 0 Å². The van der Waals surface area contributed by atoms with Crippen molar-refractivity contribution in [2.45, 2.75) is 18.8 Å². The number of hydrogen-bond donors (Lipinski definition) is 0. The van der Waals surface area contributed by atoms with Gasteiger partial charge in [0.1, 0.15) is 11.7 Å². The summed E-state index contributed by atoms with van der Waals surface area (Å²) in [5, 5.41) is 0. The van der Waals surface area contributed by atoms with Gasteiger partial charge in [-0.3, -0.25) is 14.4 Å². The topological polar surface area (TPSA) is 60.4 Å². The number of ketones is 2. The molecule has 2 atom stereocenters. The van der Waals surface area contributed by atoms with Crippen LogP contribution in [0.15, 0.2) is 30.3 Å². The van der Waals surface area contributed by atoms with Crippen molar-refractivity contribution in [1.82, 2.24) is 0 Å². The van der Waals surface area contributed by atoms with Gasteiger partial charge in [0.25, 0.3) is 0 Å². The molecule has 0 N–H and O–H groups in total. The van der Waals surface area contributed by atoms with Gasteiger partial charge in [-0.25, -0.2) is 0 Å². The number of Topliss-reactive ketones (excluding diaryl/α,β-unsaturated/α-hetero) is 2. The molecule has 4 heteroatoms. The number of carbonyl (C=O) groups is 3. The predicted octanol–water partition coefficient (Wildman–Crippen LogP) is 1.49. The van der Waals surface area contributed by atoms with Gasteiger partial charge in [0, 0.05) is 12.3 Å². The van der Waals surface area contributed by atoms with Crippen molar-refractivity contribution < 1.29 is 19.1 Å². The van der Waals surface area contributed by atoms with Crippen molar-refractivity contribution >= 4 is 17.5 Å². The molecular formula is C14H14O4. The van der Waals surface area contributed by atoms with E-state index in [0.717, 1.165) is 5.56 Å². The van der Waals surface area contributed by atoms with E-state index < -0.39 is 17.8 Å². The van der Waals surface area contributed by atoms with Crippen LogP contribution in [0.3, 0.4) is 0 Å². The second-order valence-corrected chi connectivity index (χ2v) is 4.40. The second kappa shape index (κ2) is 5.12. The molecule has 1 aromatic carbocycles. The Hall–Kier alpha value is -1.97. The third-order valence-corrected chi connectivity index (χ3v) is 3.25. The molecule has 0 bridgehead atoms. The first-order valence-corrected chi connectivity index (χ1v) is 5.80. The normalized spacial score (nSPS) is 23.8. The largest absolute Gasteiger partial charge is 0.468 e. The molecule has 1 saturated carbocycles. The first-order valence-electron chi connectivity index (χ1n) is 5.80. The van der Waals surface area contributed by atoms with Crippen LogP contribution in [0.1, 0.15) is 24.3 Å². The molecule has 94 valence electrons. The minimum Gasteiger partial charge on any atom is -0.468 e. The van der Waals surface area contributed by atoms with Gasteiger partial charge in [0.2, 0.25) is 0 Å². The molecule has 1 fully saturated rings. The Morgan fingerprint density at radius 1 is 1.22 bits per heavy atom. The van der Waals surface area contributed by atoms with E-state index >= 15 is 0 Å². The number of hydrogen-bond acceptors (Lipinski definition) is 4. The molecule has 4 nitrogen and oxygen atoms in total. The highest BCUT2D eigenvalue weighted by atomic mass is 16.5. The smallest absolute Gasteiger partial charge is 0.316 e. The van der Waals surface area contributed by atoms with Gasteiger partial charge < -0.3 is 4.74 Å². The van der Waals surface area contributed by atoms with Gasteiger partial charge in [0.05, 0.1) is 13.5 Å². The van der Waals surface area contributed by atoms with Crippen LogP contribution in [-0.2, 0) is 19.1 Å². The Labute approximate surface area is 105 Å². The highest BCUT2D eigenvalue weighted by molar-refractivity contribution is 6.11. The van der Waals surface area contributed by atoms with E-state index in [4.69, 9.17) is 0 Å². The van der Waals surface area contributed by atoms with Crippen molar-refractivity contribution in [3.63, 3.8) is 0 Å². The fourth-order valence-corrected chi connectivity index (χ4v) is 2.40. The predicted molar refractivity (Wildman–Crippen MR) is 63.9 cm³/mol. The number of rotatable bonds is 2. The zero-order chi connectivity index (χ0) is 13.1. The summed E-state index contributed by atoms with van der Waals surface area (Å²) in [4.78, 5) is 35.1. The molecule has 0 radical (unpaired) electrons. The maximum Gasteiger partial charge on any atom is 0.316 e. The SMILES string of the molecule is COC(=O)[C@H]1C(=O)CC(=O)C[C@@H]1c1ccccc1. The van der Waals surface area contributed by atoms with E-state index in [0.29, 0.717) is 0 Å². The van der Waals surface area contributed by atoms with Crippen molar-refractivity contribution in [2.24, 2.45) is 5.92 Å². The minimum atomic E-state index is -0.852. The van der Waals surface area contributed by atoms with Crippen molar-refractivity contribution in [2.75, 3.05) is 7.11 Å². The third kappa shape index (κ3) is 2.32. The summed E-state index contributed by atoms with van der Waals surface area (Å²) in [5.41, 5.74) is 0.828. The van der Waals surface area contributed by atoms with Crippen LogP contribution in [0.25, 0.3) is 0 Å². The molecule has 1 aromatic rings. The number of ether oxygens (including phenoxy) is 1. The Morgan fingerprint density at radius 3 is 2.50 bits per heavy atom. The maximum absolute atomic E-state index is 11.9. The zero-order valence-electron chi connectivity index (χ0n) is 10.1. The average molecular weight is 246 g/mol. The summed E-state index contributed by atoms with van der Waals surface area (Å²) < 4.78 is 4.68. The van der Waals surface area contributed by atoms with E-state index in [1.165, 1.54) is 7.11 Å². The summed E-state index contributed by atoms with van der Waals surface area (Å²) in [7, 11) is 1.26.